The summed E-state index contributed by atoms with van der Waals surface area (Å²) >= 11 is 0. The topological polar surface area (TPSA) is 64.8 Å². The fourth-order valence-electron chi connectivity index (χ4n) is 2.22. The van der Waals surface area contributed by atoms with E-state index in [1.54, 1.807) is 30.3 Å². The van der Waals surface area contributed by atoms with Crippen molar-refractivity contribution in [3.63, 3.8) is 0 Å². The molecule has 0 saturated carbocycles. The highest BCUT2D eigenvalue weighted by Crippen LogP contribution is 2.30. The fourth-order valence-corrected chi connectivity index (χ4v) is 2.85. The second-order valence-electron chi connectivity index (χ2n) is 5.30. The molecule has 0 N–H and O–H groups in total. The van der Waals surface area contributed by atoms with Crippen LogP contribution in [-0.2, 0) is 16.0 Å². The Morgan fingerprint density at radius 1 is 0.960 bits per heavy atom. The molecule has 0 aliphatic carbocycles. The summed E-state index contributed by atoms with van der Waals surface area (Å²) in [5.74, 6) is -1.25. The van der Waals surface area contributed by atoms with Crippen molar-refractivity contribution < 1.29 is 21.6 Å². The lowest BCUT2D eigenvalue weighted by molar-refractivity contribution is -0.144. The second-order valence-corrected chi connectivity index (χ2v) is 7.32. The molecule has 0 amide bonds. The fraction of sp³-hybridized carbons (Fsp3) is 0.125. The Hall–Kier alpha value is -2.68. The van der Waals surface area contributed by atoms with Crippen LogP contribution in [0.3, 0.4) is 0 Å². The highest BCUT2D eigenvalue weighted by atomic mass is 32.2. The lowest BCUT2D eigenvalue weighted by atomic mass is 10.2. The van der Waals surface area contributed by atoms with Crippen molar-refractivity contribution in [2.24, 2.45) is 0 Å². The van der Waals surface area contributed by atoms with Crippen molar-refractivity contribution in [1.29, 1.82) is 0 Å². The normalized spacial score (nSPS) is 12.3. The van der Waals surface area contributed by atoms with Gasteiger partial charge in [0, 0.05) is 11.8 Å². The van der Waals surface area contributed by atoms with Crippen LogP contribution in [0.2, 0.25) is 0 Å². The van der Waals surface area contributed by atoms with Gasteiger partial charge in [0.2, 0.25) is 0 Å². The zero-order valence-electron chi connectivity index (χ0n) is 12.9. The van der Waals surface area contributed by atoms with Gasteiger partial charge in [0.25, 0.3) is 5.82 Å². The van der Waals surface area contributed by atoms with Gasteiger partial charge < -0.3 is 0 Å². The number of halogens is 3. The number of sulfone groups is 1. The van der Waals surface area contributed by atoms with E-state index in [9.17, 15) is 21.6 Å². The zero-order valence-corrected chi connectivity index (χ0v) is 13.7. The molecule has 0 saturated heterocycles. The molecule has 25 heavy (non-hydrogen) atoms. The van der Waals surface area contributed by atoms with Crippen LogP contribution in [0.5, 0.6) is 0 Å². The molecule has 130 valence electrons. The Morgan fingerprint density at radius 3 is 2.08 bits per heavy atom. The Kier molecular flexibility index (Phi) is 4.11. The van der Waals surface area contributed by atoms with Gasteiger partial charge in [-0.1, -0.05) is 30.3 Å². The molecule has 0 aliphatic heterocycles. The molecule has 0 unspecified atom stereocenters. The van der Waals surface area contributed by atoms with Crippen LogP contribution in [0.1, 0.15) is 5.82 Å². The van der Waals surface area contributed by atoms with Crippen LogP contribution in [0.4, 0.5) is 13.2 Å². The smallest absolute Gasteiger partial charge is 0.224 e. The summed E-state index contributed by atoms with van der Waals surface area (Å²) in [6, 6.07) is 13.7. The molecule has 0 atom stereocenters. The van der Waals surface area contributed by atoms with E-state index in [1.807, 2.05) is 0 Å². The maximum Gasteiger partial charge on any atom is 0.453 e. The molecule has 3 aromatic rings. The van der Waals surface area contributed by atoms with E-state index in [0.29, 0.717) is 5.56 Å². The third kappa shape index (κ3) is 3.55. The molecule has 5 nitrogen and oxygen atoms in total. The standard InChI is InChI=1S/C16H12F3N3O2S/c1-25(23,24)13-9-7-12(8-10-13)22-14(11-5-3-2-4-6-11)20-15(21-22)16(17,18)19/h2-10H,1H3. The number of hydrogen-bond donors (Lipinski definition) is 0. The first kappa shape index (κ1) is 17.2. The monoisotopic (exact) mass is 367 g/mol. The van der Waals surface area contributed by atoms with Crippen LogP contribution in [0, 0.1) is 0 Å². The van der Waals surface area contributed by atoms with Gasteiger partial charge >= 0.3 is 6.18 Å². The number of aromatic nitrogens is 3. The van der Waals surface area contributed by atoms with E-state index < -0.39 is 21.8 Å². The first-order valence-corrected chi connectivity index (χ1v) is 8.95. The van der Waals surface area contributed by atoms with E-state index in [4.69, 9.17) is 0 Å². The molecule has 9 heteroatoms. The van der Waals surface area contributed by atoms with Crippen molar-refractivity contribution >= 4 is 9.84 Å². The van der Waals surface area contributed by atoms with Gasteiger partial charge in [-0.2, -0.15) is 13.2 Å². The third-order valence-corrected chi connectivity index (χ3v) is 4.53. The quantitative estimate of drug-likeness (QED) is 0.712. The van der Waals surface area contributed by atoms with E-state index in [2.05, 4.69) is 10.1 Å². The minimum Gasteiger partial charge on any atom is -0.224 e. The summed E-state index contributed by atoms with van der Waals surface area (Å²) in [6.07, 6.45) is -3.64. The van der Waals surface area contributed by atoms with E-state index in [0.717, 1.165) is 10.9 Å². The van der Waals surface area contributed by atoms with Crippen molar-refractivity contribution in [1.82, 2.24) is 14.8 Å². The highest BCUT2D eigenvalue weighted by molar-refractivity contribution is 7.90. The molecule has 0 bridgehead atoms. The van der Waals surface area contributed by atoms with Gasteiger partial charge in [0.15, 0.2) is 15.7 Å². The van der Waals surface area contributed by atoms with Crippen molar-refractivity contribution in [3.8, 4) is 17.1 Å². The average Bonchev–Trinajstić information content (AvgIpc) is 3.00. The average molecular weight is 367 g/mol. The molecule has 1 aromatic heterocycles. The lowest BCUT2D eigenvalue weighted by Gasteiger charge is -2.07. The van der Waals surface area contributed by atoms with Crippen LogP contribution in [-0.4, -0.2) is 29.4 Å². The van der Waals surface area contributed by atoms with Gasteiger partial charge in [0.1, 0.15) is 0 Å². The number of alkyl halides is 3. The van der Waals surface area contributed by atoms with Crippen molar-refractivity contribution in [2.75, 3.05) is 6.26 Å². The zero-order chi connectivity index (χ0) is 18.2. The van der Waals surface area contributed by atoms with Crippen molar-refractivity contribution in [3.05, 3.63) is 60.4 Å². The predicted octanol–water partition coefficient (Wildman–Crippen LogP) is 3.36. The molecule has 0 radical (unpaired) electrons. The second kappa shape index (κ2) is 5.99. The maximum atomic E-state index is 13.0. The molecule has 0 fully saturated rings. The first-order valence-electron chi connectivity index (χ1n) is 7.06. The Morgan fingerprint density at radius 2 is 1.56 bits per heavy atom. The van der Waals surface area contributed by atoms with E-state index in [1.165, 1.54) is 24.3 Å². The molecule has 2 aromatic carbocycles. The summed E-state index contributed by atoms with van der Waals surface area (Å²) in [4.78, 5) is 3.67. The summed E-state index contributed by atoms with van der Waals surface area (Å²) < 4.78 is 63.1. The highest BCUT2D eigenvalue weighted by Gasteiger charge is 2.37. The van der Waals surface area contributed by atoms with Gasteiger partial charge in [0.05, 0.1) is 10.6 Å². The predicted molar refractivity (Wildman–Crippen MR) is 84.9 cm³/mol. The number of rotatable bonds is 3. The summed E-state index contributed by atoms with van der Waals surface area (Å²) in [7, 11) is -3.41. The number of benzene rings is 2. The Bertz CT molecular complexity index is 995. The maximum absolute atomic E-state index is 13.0. The minimum atomic E-state index is -4.69. The largest absolute Gasteiger partial charge is 0.453 e. The first-order chi connectivity index (χ1) is 11.7. The molecule has 1 heterocycles. The van der Waals surface area contributed by atoms with Crippen LogP contribution in [0.15, 0.2) is 59.5 Å². The minimum absolute atomic E-state index is 0.0139. The SMILES string of the molecule is CS(=O)(=O)c1ccc(-n2nc(C(F)(F)F)nc2-c2ccccc2)cc1. The molecule has 3 rings (SSSR count). The Balaban J connectivity index is 2.16. The summed E-state index contributed by atoms with van der Waals surface area (Å²) in [5.41, 5.74) is 0.729. The molecule has 0 spiro atoms. The molecular weight excluding hydrogens is 355 g/mol. The molecule has 0 aliphatic rings. The van der Waals surface area contributed by atoms with Gasteiger partial charge in [-0.05, 0) is 24.3 Å². The summed E-state index contributed by atoms with van der Waals surface area (Å²) in [5, 5.41) is 3.55. The van der Waals surface area contributed by atoms with Gasteiger partial charge in [-0.3, -0.25) is 0 Å². The summed E-state index contributed by atoms with van der Waals surface area (Å²) in [6.45, 7) is 0. The Labute approximate surface area is 141 Å². The molecular formula is C16H12F3N3O2S. The van der Waals surface area contributed by atoms with Crippen LogP contribution >= 0.6 is 0 Å². The number of nitrogens with zero attached hydrogens (tertiary/aromatic N) is 3. The lowest BCUT2D eigenvalue weighted by Crippen LogP contribution is -2.08. The van der Waals surface area contributed by atoms with Crippen LogP contribution < -0.4 is 0 Å². The van der Waals surface area contributed by atoms with E-state index in [-0.39, 0.29) is 16.4 Å². The third-order valence-electron chi connectivity index (χ3n) is 3.40. The number of hydrogen-bond acceptors (Lipinski definition) is 4. The van der Waals surface area contributed by atoms with Crippen molar-refractivity contribution in [2.45, 2.75) is 11.1 Å². The van der Waals surface area contributed by atoms with Gasteiger partial charge in [-0.25, -0.2) is 18.1 Å². The van der Waals surface area contributed by atoms with Gasteiger partial charge in [-0.15, -0.1) is 5.10 Å². The van der Waals surface area contributed by atoms with E-state index >= 15 is 0 Å². The van der Waals surface area contributed by atoms with Crippen LogP contribution in [0.25, 0.3) is 17.1 Å².